The van der Waals surface area contributed by atoms with Crippen LogP contribution in [0.3, 0.4) is 0 Å². The third-order valence-electron chi connectivity index (χ3n) is 6.64. The van der Waals surface area contributed by atoms with Crippen molar-refractivity contribution >= 4 is 41.8 Å². The standard InChI is InChI=1S/C24H32N4O3.HI/c1-3-25-24(27-14-19(29)16-7-5-15(2)6-8-16)26-11-4-12-28-22(30)20-17-9-10-18(13-17)21(20)23(28)31;/h5-10,17-21,29H,3-4,11-14H2,1-2H3,(H2,25,26,27);1H. The van der Waals surface area contributed by atoms with Gasteiger partial charge in [-0.2, -0.15) is 0 Å². The summed E-state index contributed by atoms with van der Waals surface area (Å²) >= 11 is 0. The normalized spacial score (nSPS) is 26.8. The topological polar surface area (TPSA) is 94.0 Å². The summed E-state index contributed by atoms with van der Waals surface area (Å²) in [5.74, 6) is 0.883. The predicted molar refractivity (Wildman–Crippen MR) is 135 cm³/mol. The summed E-state index contributed by atoms with van der Waals surface area (Å²) in [6.45, 7) is 5.97. The van der Waals surface area contributed by atoms with Gasteiger partial charge in [-0.1, -0.05) is 42.0 Å². The molecule has 1 saturated heterocycles. The van der Waals surface area contributed by atoms with E-state index in [4.69, 9.17) is 0 Å². The molecule has 8 heteroatoms. The van der Waals surface area contributed by atoms with Gasteiger partial charge >= 0.3 is 0 Å². The number of hydrogen-bond acceptors (Lipinski definition) is 4. The first-order valence-electron chi connectivity index (χ1n) is 11.3. The van der Waals surface area contributed by atoms with Crippen LogP contribution in [0.5, 0.6) is 0 Å². The highest BCUT2D eigenvalue weighted by atomic mass is 127. The number of allylic oxidation sites excluding steroid dienone is 2. The number of rotatable bonds is 8. The molecule has 7 nitrogen and oxygen atoms in total. The maximum absolute atomic E-state index is 12.7. The first kappa shape index (κ1) is 24.7. The number of imide groups is 1. The summed E-state index contributed by atoms with van der Waals surface area (Å²) in [6.07, 6.45) is 5.18. The Morgan fingerprint density at radius 1 is 1.12 bits per heavy atom. The molecule has 32 heavy (non-hydrogen) atoms. The van der Waals surface area contributed by atoms with Crippen LogP contribution in [0.25, 0.3) is 0 Å². The van der Waals surface area contributed by atoms with E-state index in [1.807, 2.05) is 38.1 Å². The second kappa shape index (κ2) is 10.8. The Hall–Kier alpha value is -1.94. The molecule has 3 aliphatic rings. The second-order valence-corrected chi connectivity index (χ2v) is 8.75. The molecule has 1 aromatic carbocycles. The molecule has 4 rings (SSSR count). The smallest absolute Gasteiger partial charge is 0.233 e. The van der Waals surface area contributed by atoms with Gasteiger partial charge in [0.2, 0.25) is 11.8 Å². The van der Waals surface area contributed by atoms with Crippen LogP contribution in [0.1, 0.15) is 37.0 Å². The fraction of sp³-hybridized carbons (Fsp3) is 0.542. The van der Waals surface area contributed by atoms with Gasteiger partial charge in [-0.15, -0.1) is 24.0 Å². The molecule has 0 aromatic heterocycles. The van der Waals surface area contributed by atoms with Crippen molar-refractivity contribution in [1.29, 1.82) is 0 Å². The molecule has 1 aromatic rings. The van der Waals surface area contributed by atoms with Crippen LogP contribution in [0.4, 0.5) is 0 Å². The summed E-state index contributed by atoms with van der Waals surface area (Å²) in [7, 11) is 0. The van der Waals surface area contributed by atoms with Crippen molar-refractivity contribution in [1.82, 2.24) is 15.5 Å². The minimum atomic E-state index is -0.667. The quantitative estimate of drug-likeness (QED) is 0.115. The number of nitrogens with zero attached hydrogens (tertiary/aromatic N) is 2. The lowest BCUT2D eigenvalue weighted by Crippen LogP contribution is -2.40. The highest BCUT2D eigenvalue weighted by Crippen LogP contribution is 2.52. The van der Waals surface area contributed by atoms with E-state index in [-0.39, 0.29) is 66.0 Å². The van der Waals surface area contributed by atoms with E-state index in [0.29, 0.717) is 32.0 Å². The van der Waals surface area contributed by atoms with Crippen LogP contribution >= 0.6 is 24.0 Å². The van der Waals surface area contributed by atoms with Gasteiger partial charge in [-0.25, -0.2) is 0 Å². The van der Waals surface area contributed by atoms with Gasteiger partial charge in [0, 0.05) is 19.6 Å². The summed E-state index contributed by atoms with van der Waals surface area (Å²) in [6, 6.07) is 7.78. The molecular weight excluding hydrogens is 519 g/mol. The van der Waals surface area contributed by atoms with Crippen LogP contribution in [-0.4, -0.2) is 54.0 Å². The number of carbonyl (C=O) groups excluding carboxylic acids is 2. The largest absolute Gasteiger partial charge is 0.386 e. The lowest BCUT2D eigenvalue weighted by atomic mass is 9.85. The Labute approximate surface area is 206 Å². The van der Waals surface area contributed by atoms with Crippen molar-refractivity contribution < 1.29 is 14.7 Å². The molecule has 2 aliphatic carbocycles. The number of halogens is 1. The minimum absolute atomic E-state index is 0. The van der Waals surface area contributed by atoms with E-state index in [1.165, 1.54) is 4.90 Å². The maximum Gasteiger partial charge on any atom is 0.233 e. The number of aliphatic hydroxyl groups excluding tert-OH is 1. The molecule has 3 N–H and O–H groups in total. The molecule has 5 atom stereocenters. The summed E-state index contributed by atoms with van der Waals surface area (Å²) in [5, 5.41) is 16.8. The molecule has 0 spiro atoms. The first-order valence-corrected chi connectivity index (χ1v) is 11.3. The second-order valence-electron chi connectivity index (χ2n) is 8.75. The molecule has 2 amide bonds. The molecule has 5 unspecified atom stereocenters. The Bertz CT molecular complexity index is 856. The van der Waals surface area contributed by atoms with Gasteiger partial charge in [0.15, 0.2) is 5.96 Å². The molecule has 1 aliphatic heterocycles. The average molecular weight is 552 g/mol. The Kier molecular flexibility index (Phi) is 8.32. The van der Waals surface area contributed by atoms with Gasteiger partial charge in [0.1, 0.15) is 0 Å². The fourth-order valence-electron chi connectivity index (χ4n) is 5.04. The number of nitrogens with one attached hydrogen (secondary N) is 2. The summed E-state index contributed by atoms with van der Waals surface area (Å²) < 4.78 is 0. The number of guanidine groups is 1. The van der Waals surface area contributed by atoms with Crippen molar-refractivity contribution in [2.75, 3.05) is 26.2 Å². The summed E-state index contributed by atoms with van der Waals surface area (Å²) in [4.78, 5) is 31.4. The van der Waals surface area contributed by atoms with E-state index < -0.39 is 6.10 Å². The molecule has 1 saturated carbocycles. The zero-order valence-electron chi connectivity index (χ0n) is 18.7. The molecule has 174 valence electrons. The summed E-state index contributed by atoms with van der Waals surface area (Å²) in [5.41, 5.74) is 1.99. The lowest BCUT2D eigenvalue weighted by Gasteiger charge is -2.18. The van der Waals surface area contributed by atoms with E-state index in [2.05, 4.69) is 27.8 Å². The average Bonchev–Trinajstić information content (AvgIpc) is 3.44. The zero-order valence-corrected chi connectivity index (χ0v) is 21.0. The third kappa shape index (κ3) is 5.01. The van der Waals surface area contributed by atoms with E-state index in [1.54, 1.807) is 0 Å². The van der Waals surface area contributed by atoms with Crippen LogP contribution in [0, 0.1) is 30.6 Å². The maximum atomic E-state index is 12.7. The third-order valence-corrected chi connectivity index (χ3v) is 6.64. The first-order chi connectivity index (χ1) is 15.0. The lowest BCUT2D eigenvalue weighted by molar-refractivity contribution is -0.140. The molecular formula is C24H33IN4O3. The van der Waals surface area contributed by atoms with Crippen molar-refractivity contribution in [2.24, 2.45) is 28.7 Å². The molecule has 2 fully saturated rings. The fourth-order valence-corrected chi connectivity index (χ4v) is 5.04. The highest BCUT2D eigenvalue weighted by molar-refractivity contribution is 14.0. The number of amides is 2. The number of carbonyl (C=O) groups is 2. The number of aliphatic hydroxyl groups is 1. The van der Waals surface area contributed by atoms with Gasteiger partial charge in [0.25, 0.3) is 0 Å². The molecule has 2 bridgehead atoms. The number of likely N-dealkylation sites (tertiary alicyclic amines) is 1. The molecule has 1 heterocycles. The van der Waals surface area contributed by atoms with Crippen LogP contribution in [0.15, 0.2) is 41.4 Å². The van der Waals surface area contributed by atoms with Gasteiger partial charge in [0.05, 0.1) is 24.5 Å². The Morgan fingerprint density at radius 3 is 2.34 bits per heavy atom. The van der Waals surface area contributed by atoms with Crippen molar-refractivity contribution in [2.45, 2.75) is 32.8 Å². The van der Waals surface area contributed by atoms with E-state index in [9.17, 15) is 14.7 Å². The monoisotopic (exact) mass is 552 g/mol. The van der Waals surface area contributed by atoms with Crippen LogP contribution in [0.2, 0.25) is 0 Å². The van der Waals surface area contributed by atoms with Crippen molar-refractivity contribution in [3.05, 3.63) is 47.5 Å². The number of aryl methyl sites for hydroxylation is 1. The number of fused-ring (bicyclic) bond motifs is 5. The Balaban J connectivity index is 0.00000289. The van der Waals surface area contributed by atoms with E-state index >= 15 is 0 Å². The van der Waals surface area contributed by atoms with Gasteiger partial charge in [-0.05, 0) is 44.1 Å². The Morgan fingerprint density at radius 2 is 1.75 bits per heavy atom. The van der Waals surface area contributed by atoms with Gasteiger partial charge < -0.3 is 15.7 Å². The number of hydrogen-bond donors (Lipinski definition) is 3. The van der Waals surface area contributed by atoms with Gasteiger partial charge in [-0.3, -0.25) is 19.5 Å². The molecule has 0 radical (unpaired) electrons. The number of aliphatic imine (C=N–C) groups is 1. The minimum Gasteiger partial charge on any atom is -0.386 e. The highest BCUT2D eigenvalue weighted by Gasteiger charge is 2.58. The SMILES string of the molecule is CCNC(=NCC(O)c1ccc(C)cc1)NCCCN1C(=O)C2C3C=CC(C3)C2C1=O.I. The van der Waals surface area contributed by atoms with Crippen molar-refractivity contribution in [3.63, 3.8) is 0 Å². The predicted octanol–water partition coefficient (Wildman–Crippen LogP) is 2.40. The van der Waals surface area contributed by atoms with E-state index in [0.717, 1.165) is 17.5 Å². The number of benzene rings is 1. The zero-order chi connectivity index (χ0) is 22.0. The van der Waals surface area contributed by atoms with Crippen LogP contribution in [-0.2, 0) is 9.59 Å². The van der Waals surface area contributed by atoms with Crippen LogP contribution < -0.4 is 10.6 Å². The van der Waals surface area contributed by atoms with Crippen molar-refractivity contribution in [3.8, 4) is 0 Å².